The van der Waals surface area contributed by atoms with E-state index in [1.807, 2.05) is 0 Å². The van der Waals surface area contributed by atoms with E-state index in [0.29, 0.717) is 25.7 Å². The van der Waals surface area contributed by atoms with Crippen LogP contribution in [0.3, 0.4) is 0 Å². The van der Waals surface area contributed by atoms with Gasteiger partial charge in [0.15, 0.2) is 0 Å². The first-order chi connectivity index (χ1) is 10.7. The van der Waals surface area contributed by atoms with Crippen LogP contribution in [-0.2, 0) is 9.53 Å². The Morgan fingerprint density at radius 2 is 1.77 bits per heavy atom. The fourth-order valence-electron chi connectivity index (χ4n) is 3.09. The zero-order chi connectivity index (χ0) is 15.8. The zero-order valence-corrected chi connectivity index (χ0v) is 13.6. The fraction of sp³-hybridized carbons (Fsp3) is 0.706. The van der Waals surface area contributed by atoms with Crippen molar-refractivity contribution in [2.45, 2.75) is 18.9 Å². The van der Waals surface area contributed by atoms with Crippen molar-refractivity contribution in [1.82, 2.24) is 14.7 Å². The van der Waals surface area contributed by atoms with Gasteiger partial charge in [-0.1, -0.05) is 12.2 Å². The summed E-state index contributed by atoms with van der Waals surface area (Å²) in [6.07, 6.45) is 6.34. The summed E-state index contributed by atoms with van der Waals surface area (Å²) in [6.45, 7) is 15.0. The topological polar surface area (TPSA) is 36.0 Å². The average Bonchev–Trinajstić information content (AvgIpc) is 3.02. The van der Waals surface area contributed by atoms with E-state index in [1.165, 1.54) is 12.8 Å². The summed E-state index contributed by atoms with van der Waals surface area (Å²) in [4.78, 5) is 18.8. The molecule has 2 fully saturated rings. The van der Waals surface area contributed by atoms with Crippen LogP contribution in [0.5, 0.6) is 0 Å². The normalized spacial score (nSPS) is 23.4. The van der Waals surface area contributed by atoms with E-state index in [1.54, 1.807) is 17.1 Å². The van der Waals surface area contributed by atoms with Gasteiger partial charge in [-0.2, -0.15) is 0 Å². The van der Waals surface area contributed by atoms with Crippen LogP contribution in [-0.4, -0.2) is 85.7 Å². The van der Waals surface area contributed by atoms with Crippen molar-refractivity contribution in [2.75, 3.05) is 59.0 Å². The minimum Gasteiger partial charge on any atom is -0.377 e. The lowest BCUT2D eigenvalue weighted by molar-refractivity contribution is -0.131. The molecule has 0 N–H and O–H groups in total. The number of carbonyl (C=O) groups excluding carboxylic acids is 1. The van der Waals surface area contributed by atoms with Crippen LogP contribution < -0.4 is 0 Å². The summed E-state index contributed by atoms with van der Waals surface area (Å²) in [5.74, 6) is 0.160. The van der Waals surface area contributed by atoms with Crippen LogP contribution in [0.1, 0.15) is 12.8 Å². The molecule has 0 aromatic heterocycles. The van der Waals surface area contributed by atoms with Gasteiger partial charge >= 0.3 is 0 Å². The van der Waals surface area contributed by atoms with Crippen molar-refractivity contribution < 1.29 is 9.53 Å². The molecule has 2 aliphatic heterocycles. The lowest BCUT2D eigenvalue weighted by Gasteiger charge is -2.36. The van der Waals surface area contributed by atoms with Crippen LogP contribution in [0.2, 0.25) is 0 Å². The average molecular weight is 307 g/mol. The molecule has 2 rings (SSSR count). The predicted molar refractivity (Wildman–Crippen MR) is 88.8 cm³/mol. The van der Waals surface area contributed by atoms with Gasteiger partial charge in [0, 0.05) is 52.4 Å². The van der Waals surface area contributed by atoms with Gasteiger partial charge in [0.1, 0.15) is 0 Å². The highest BCUT2D eigenvalue weighted by molar-refractivity contribution is 5.78. The number of piperazine rings is 1. The van der Waals surface area contributed by atoms with Gasteiger partial charge in [0.25, 0.3) is 0 Å². The van der Waals surface area contributed by atoms with E-state index in [2.05, 4.69) is 23.0 Å². The first-order valence-electron chi connectivity index (χ1n) is 8.28. The number of hydrogen-bond acceptors (Lipinski definition) is 4. The molecule has 2 heterocycles. The Morgan fingerprint density at radius 1 is 1.14 bits per heavy atom. The molecule has 0 spiro atoms. The number of carbonyl (C=O) groups is 1. The van der Waals surface area contributed by atoms with Gasteiger partial charge in [-0.15, -0.1) is 13.2 Å². The Kier molecular flexibility index (Phi) is 7.09. The lowest BCUT2D eigenvalue weighted by atomic mass is 10.2. The molecule has 0 saturated carbocycles. The number of hydrogen-bond donors (Lipinski definition) is 0. The molecule has 0 aromatic rings. The minimum atomic E-state index is 0.160. The SMILES string of the molecule is C=CCN(CC=C)C(=O)CN1CCN(C[C@@H]2CCCO2)CC1. The maximum atomic E-state index is 12.3. The predicted octanol–water partition coefficient (Wildman–Crippen LogP) is 0.984. The van der Waals surface area contributed by atoms with E-state index in [4.69, 9.17) is 4.74 Å². The van der Waals surface area contributed by atoms with Crippen LogP contribution >= 0.6 is 0 Å². The second-order valence-electron chi connectivity index (χ2n) is 6.09. The van der Waals surface area contributed by atoms with Crippen molar-refractivity contribution >= 4 is 5.91 Å². The van der Waals surface area contributed by atoms with Crippen LogP contribution in [0.4, 0.5) is 0 Å². The van der Waals surface area contributed by atoms with E-state index in [0.717, 1.165) is 39.3 Å². The lowest BCUT2D eigenvalue weighted by Crippen LogP contribution is -2.51. The Balaban J connectivity index is 1.70. The summed E-state index contributed by atoms with van der Waals surface area (Å²) < 4.78 is 5.70. The zero-order valence-electron chi connectivity index (χ0n) is 13.6. The molecule has 0 bridgehead atoms. The van der Waals surface area contributed by atoms with Crippen molar-refractivity contribution in [1.29, 1.82) is 0 Å². The molecular weight excluding hydrogens is 278 g/mol. The maximum absolute atomic E-state index is 12.3. The molecule has 2 aliphatic rings. The maximum Gasteiger partial charge on any atom is 0.237 e. The summed E-state index contributed by atoms with van der Waals surface area (Å²) in [5.41, 5.74) is 0. The summed E-state index contributed by atoms with van der Waals surface area (Å²) >= 11 is 0. The highest BCUT2D eigenvalue weighted by Crippen LogP contribution is 2.14. The number of rotatable bonds is 8. The second kappa shape index (κ2) is 9.08. The molecule has 0 unspecified atom stereocenters. The highest BCUT2D eigenvalue weighted by atomic mass is 16.5. The molecule has 0 aliphatic carbocycles. The Morgan fingerprint density at radius 3 is 2.32 bits per heavy atom. The molecule has 1 atom stereocenters. The van der Waals surface area contributed by atoms with E-state index < -0.39 is 0 Å². The van der Waals surface area contributed by atoms with Crippen molar-refractivity contribution in [3.8, 4) is 0 Å². The molecule has 5 heteroatoms. The standard InChI is InChI=1S/C17H29N3O2/c1-3-7-20(8-4-2)17(21)15-19-11-9-18(10-12-19)14-16-6-5-13-22-16/h3-4,16H,1-2,5-15H2/t16-/m0/s1. The van der Waals surface area contributed by atoms with Gasteiger partial charge in [-0.05, 0) is 12.8 Å². The summed E-state index contributed by atoms with van der Waals surface area (Å²) in [6, 6.07) is 0. The van der Waals surface area contributed by atoms with E-state index in [9.17, 15) is 4.79 Å². The quantitative estimate of drug-likeness (QED) is 0.627. The third-order valence-electron chi connectivity index (χ3n) is 4.36. The molecule has 124 valence electrons. The van der Waals surface area contributed by atoms with Gasteiger partial charge in [0.05, 0.1) is 12.6 Å². The minimum absolute atomic E-state index is 0.160. The molecule has 22 heavy (non-hydrogen) atoms. The van der Waals surface area contributed by atoms with Gasteiger partial charge < -0.3 is 9.64 Å². The Hall–Kier alpha value is -1.17. The highest BCUT2D eigenvalue weighted by Gasteiger charge is 2.24. The van der Waals surface area contributed by atoms with Crippen molar-refractivity contribution in [3.05, 3.63) is 25.3 Å². The molecule has 0 radical (unpaired) electrons. The van der Waals surface area contributed by atoms with Gasteiger partial charge in [-0.25, -0.2) is 0 Å². The van der Waals surface area contributed by atoms with Gasteiger partial charge in [0.2, 0.25) is 5.91 Å². The molecule has 2 saturated heterocycles. The van der Waals surface area contributed by atoms with Crippen LogP contribution in [0, 0.1) is 0 Å². The van der Waals surface area contributed by atoms with Crippen LogP contribution in [0.25, 0.3) is 0 Å². The molecule has 0 aromatic carbocycles. The largest absolute Gasteiger partial charge is 0.377 e. The second-order valence-corrected chi connectivity index (χ2v) is 6.09. The number of nitrogens with zero attached hydrogens (tertiary/aromatic N) is 3. The first-order valence-corrected chi connectivity index (χ1v) is 8.28. The van der Waals surface area contributed by atoms with Gasteiger partial charge in [-0.3, -0.25) is 14.6 Å². The van der Waals surface area contributed by atoms with Crippen LogP contribution in [0.15, 0.2) is 25.3 Å². The van der Waals surface area contributed by atoms with Crippen molar-refractivity contribution in [2.24, 2.45) is 0 Å². The number of amides is 1. The molecular formula is C17H29N3O2. The Bertz CT molecular complexity index is 362. The molecule has 1 amide bonds. The van der Waals surface area contributed by atoms with E-state index in [-0.39, 0.29) is 5.91 Å². The first kappa shape index (κ1) is 17.2. The summed E-state index contributed by atoms with van der Waals surface area (Å²) in [5, 5.41) is 0. The fourth-order valence-corrected chi connectivity index (χ4v) is 3.09. The Labute approximate surface area is 134 Å². The summed E-state index contributed by atoms with van der Waals surface area (Å²) in [7, 11) is 0. The molecule has 5 nitrogen and oxygen atoms in total. The smallest absolute Gasteiger partial charge is 0.237 e. The van der Waals surface area contributed by atoms with E-state index >= 15 is 0 Å². The third kappa shape index (κ3) is 5.23. The third-order valence-corrected chi connectivity index (χ3v) is 4.36. The van der Waals surface area contributed by atoms with Crippen molar-refractivity contribution in [3.63, 3.8) is 0 Å². The number of ether oxygens (including phenoxy) is 1. The monoisotopic (exact) mass is 307 g/mol.